The lowest BCUT2D eigenvalue weighted by atomic mass is 9.84. The van der Waals surface area contributed by atoms with Gasteiger partial charge in [0.2, 0.25) is 0 Å². The van der Waals surface area contributed by atoms with Crippen molar-refractivity contribution in [2.75, 3.05) is 0 Å². The van der Waals surface area contributed by atoms with Crippen molar-refractivity contribution in [3.8, 4) is 0 Å². The summed E-state index contributed by atoms with van der Waals surface area (Å²) in [7, 11) is 0. The highest BCUT2D eigenvalue weighted by molar-refractivity contribution is 5.77. The third-order valence-electron chi connectivity index (χ3n) is 4.10. The Balaban J connectivity index is 2.49. The van der Waals surface area contributed by atoms with Crippen molar-refractivity contribution in [2.45, 2.75) is 46.5 Å². The second-order valence-corrected chi connectivity index (χ2v) is 5.91. The highest BCUT2D eigenvalue weighted by Crippen LogP contribution is 2.31. The van der Waals surface area contributed by atoms with E-state index in [9.17, 15) is 4.79 Å². The maximum Gasteiger partial charge on any atom is 0.130 e. The fourth-order valence-electron chi connectivity index (χ4n) is 2.78. The zero-order valence-corrected chi connectivity index (χ0v) is 13.4. The Morgan fingerprint density at radius 1 is 1.05 bits per heavy atom. The van der Waals surface area contributed by atoms with Gasteiger partial charge in [0.05, 0.1) is 0 Å². The van der Waals surface area contributed by atoms with Crippen LogP contribution in [0.5, 0.6) is 0 Å². The van der Waals surface area contributed by atoms with Crippen LogP contribution in [0.25, 0.3) is 0 Å². The third-order valence-corrected chi connectivity index (χ3v) is 4.10. The molecule has 0 aliphatic heterocycles. The number of hydrogen-bond donors (Lipinski definition) is 0. The van der Waals surface area contributed by atoms with Crippen LogP contribution in [-0.2, 0) is 11.2 Å². The maximum absolute atomic E-state index is 11.7. The molecule has 0 N–H and O–H groups in total. The Labute approximate surface area is 128 Å². The van der Waals surface area contributed by atoms with E-state index in [4.69, 9.17) is 0 Å². The van der Waals surface area contributed by atoms with E-state index < -0.39 is 0 Å². The molecular weight excluding hydrogens is 256 g/mol. The summed E-state index contributed by atoms with van der Waals surface area (Å²) in [5.41, 5.74) is 6.36. The van der Waals surface area contributed by atoms with Crippen LogP contribution in [0.1, 0.15) is 54.0 Å². The number of Topliss-reactive ketones (excluding diaryl/α,β-unsaturated/α-hetero) is 1. The summed E-state index contributed by atoms with van der Waals surface area (Å²) in [4.78, 5) is 11.7. The van der Waals surface area contributed by atoms with Gasteiger partial charge >= 0.3 is 0 Å². The van der Waals surface area contributed by atoms with Crippen molar-refractivity contribution in [3.05, 3.63) is 70.3 Å². The normalized spacial score (nSPS) is 12.2. The zero-order chi connectivity index (χ0) is 15.4. The van der Waals surface area contributed by atoms with Gasteiger partial charge in [0.15, 0.2) is 0 Å². The summed E-state index contributed by atoms with van der Waals surface area (Å²) in [6, 6.07) is 15.2. The highest BCUT2D eigenvalue weighted by Gasteiger charge is 2.18. The third kappa shape index (κ3) is 3.81. The average Bonchev–Trinajstić information content (AvgIpc) is 2.46. The largest absolute Gasteiger partial charge is 0.300 e. The van der Waals surface area contributed by atoms with Gasteiger partial charge in [-0.1, -0.05) is 55.0 Å². The molecule has 0 radical (unpaired) electrons. The zero-order valence-electron chi connectivity index (χ0n) is 13.4. The van der Waals surface area contributed by atoms with Crippen molar-refractivity contribution in [3.63, 3.8) is 0 Å². The first-order valence-electron chi connectivity index (χ1n) is 7.66. The maximum atomic E-state index is 11.7. The Hall–Kier alpha value is -1.89. The number of carbonyl (C=O) groups excluding carboxylic acids is 1. The SMILES string of the molecule is CCc1ccc(C)c(C(CC(C)=O)c2ccc(C)cc2)c1. The molecule has 2 rings (SSSR count). The van der Waals surface area contributed by atoms with Crippen LogP contribution in [0.15, 0.2) is 42.5 Å². The first kappa shape index (κ1) is 15.5. The summed E-state index contributed by atoms with van der Waals surface area (Å²) < 4.78 is 0. The number of benzene rings is 2. The molecule has 2 aromatic rings. The van der Waals surface area contributed by atoms with E-state index in [1.165, 1.54) is 27.8 Å². The van der Waals surface area contributed by atoms with Crippen molar-refractivity contribution in [1.29, 1.82) is 0 Å². The first-order valence-corrected chi connectivity index (χ1v) is 7.66. The van der Waals surface area contributed by atoms with Crippen molar-refractivity contribution >= 4 is 5.78 Å². The summed E-state index contributed by atoms with van der Waals surface area (Å²) in [6.45, 7) is 8.07. The molecule has 110 valence electrons. The van der Waals surface area contributed by atoms with Gasteiger partial charge in [0, 0.05) is 12.3 Å². The van der Waals surface area contributed by atoms with Crippen LogP contribution in [0.2, 0.25) is 0 Å². The van der Waals surface area contributed by atoms with Crippen molar-refractivity contribution < 1.29 is 4.79 Å². The van der Waals surface area contributed by atoms with E-state index in [-0.39, 0.29) is 11.7 Å². The van der Waals surface area contributed by atoms with Gasteiger partial charge in [-0.05, 0) is 49.4 Å². The van der Waals surface area contributed by atoms with E-state index >= 15 is 0 Å². The Morgan fingerprint density at radius 2 is 1.71 bits per heavy atom. The monoisotopic (exact) mass is 280 g/mol. The van der Waals surface area contributed by atoms with E-state index in [1.807, 2.05) is 0 Å². The molecule has 0 heterocycles. The molecule has 0 saturated heterocycles. The first-order chi connectivity index (χ1) is 10.0. The van der Waals surface area contributed by atoms with Crippen LogP contribution in [0.4, 0.5) is 0 Å². The number of carbonyl (C=O) groups is 1. The molecule has 1 heteroatoms. The topological polar surface area (TPSA) is 17.1 Å². The van der Waals surface area contributed by atoms with Crippen LogP contribution >= 0.6 is 0 Å². The molecular formula is C20H24O. The Bertz CT molecular complexity index is 623. The van der Waals surface area contributed by atoms with Gasteiger partial charge in [-0.15, -0.1) is 0 Å². The molecule has 1 nitrogen and oxygen atoms in total. The standard InChI is InChI=1S/C20H24O/c1-5-17-9-8-15(3)19(13-17)20(12-16(4)21)18-10-6-14(2)7-11-18/h6-11,13,20H,5,12H2,1-4H3. The van der Waals surface area contributed by atoms with Gasteiger partial charge in [-0.3, -0.25) is 4.79 Å². The van der Waals surface area contributed by atoms with E-state index in [1.54, 1.807) is 6.92 Å². The molecule has 0 aliphatic rings. The lowest BCUT2D eigenvalue weighted by molar-refractivity contribution is -0.117. The van der Waals surface area contributed by atoms with Crippen LogP contribution in [-0.4, -0.2) is 5.78 Å². The fourth-order valence-corrected chi connectivity index (χ4v) is 2.78. The molecule has 1 unspecified atom stereocenters. The number of ketones is 1. The van der Waals surface area contributed by atoms with Crippen LogP contribution in [0.3, 0.4) is 0 Å². The van der Waals surface area contributed by atoms with E-state index in [0.29, 0.717) is 6.42 Å². The van der Waals surface area contributed by atoms with E-state index in [2.05, 4.69) is 63.2 Å². The van der Waals surface area contributed by atoms with Gasteiger partial charge in [0.1, 0.15) is 5.78 Å². The summed E-state index contributed by atoms with van der Waals surface area (Å²) in [5.74, 6) is 0.400. The Kier molecular flexibility index (Phi) is 4.95. The second-order valence-electron chi connectivity index (χ2n) is 5.91. The lowest BCUT2D eigenvalue weighted by Gasteiger charge is -2.20. The molecule has 0 amide bonds. The molecule has 0 spiro atoms. The lowest BCUT2D eigenvalue weighted by Crippen LogP contribution is -2.08. The molecule has 21 heavy (non-hydrogen) atoms. The highest BCUT2D eigenvalue weighted by atomic mass is 16.1. The minimum Gasteiger partial charge on any atom is -0.300 e. The average molecular weight is 280 g/mol. The van der Waals surface area contributed by atoms with Gasteiger partial charge in [-0.25, -0.2) is 0 Å². The van der Waals surface area contributed by atoms with Gasteiger partial charge in [-0.2, -0.15) is 0 Å². The molecule has 0 fully saturated rings. The smallest absolute Gasteiger partial charge is 0.130 e. The molecule has 2 aromatic carbocycles. The minimum atomic E-state index is 0.162. The summed E-state index contributed by atoms with van der Waals surface area (Å²) in [5, 5.41) is 0. The van der Waals surface area contributed by atoms with Crippen LogP contribution in [0, 0.1) is 13.8 Å². The number of hydrogen-bond acceptors (Lipinski definition) is 1. The number of aryl methyl sites for hydroxylation is 3. The predicted molar refractivity (Wildman–Crippen MR) is 88.9 cm³/mol. The molecule has 1 atom stereocenters. The fraction of sp³-hybridized carbons (Fsp3) is 0.350. The van der Waals surface area contributed by atoms with Crippen molar-refractivity contribution in [1.82, 2.24) is 0 Å². The molecule has 0 aliphatic carbocycles. The van der Waals surface area contributed by atoms with Gasteiger partial charge in [0.25, 0.3) is 0 Å². The summed E-state index contributed by atoms with van der Waals surface area (Å²) in [6.07, 6.45) is 1.59. The minimum absolute atomic E-state index is 0.162. The Morgan fingerprint density at radius 3 is 2.29 bits per heavy atom. The second kappa shape index (κ2) is 6.71. The molecule has 0 bridgehead atoms. The molecule has 0 aromatic heterocycles. The van der Waals surface area contributed by atoms with Gasteiger partial charge < -0.3 is 0 Å². The number of rotatable bonds is 5. The molecule has 0 saturated carbocycles. The quantitative estimate of drug-likeness (QED) is 0.755. The van der Waals surface area contributed by atoms with Crippen molar-refractivity contribution in [2.24, 2.45) is 0 Å². The predicted octanol–water partition coefficient (Wildman–Crippen LogP) is 4.98. The van der Waals surface area contributed by atoms with Crippen LogP contribution < -0.4 is 0 Å². The van der Waals surface area contributed by atoms with E-state index in [0.717, 1.165) is 6.42 Å². The summed E-state index contributed by atoms with van der Waals surface area (Å²) >= 11 is 0.